The molecule has 1 amide bonds. The Kier molecular flexibility index (Phi) is 6.71. The maximum atomic E-state index is 12.2. The van der Waals surface area contributed by atoms with Crippen LogP contribution in [0.15, 0.2) is 65.7 Å². The molecule has 154 valence electrons. The number of nitrogens with two attached hydrogens (primary N) is 1. The van der Waals surface area contributed by atoms with Crippen molar-refractivity contribution < 1.29 is 4.79 Å². The van der Waals surface area contributed by atoms with Crippen LogP contribution in [0.1, 0.15) is 21.6 Å². The van der Waals surface area contributed by atoms with E-state index in [9.17, 15) is 4.79 Å². The summed E-state index contributed by atoms with van der Waals surface area (Å²) in [6.07, 6.45) is 5.13. The lowest BCUT2D eigenvalue weighted by molar-refractivity contribution is 0.0951. The van der Waals surface area contributed by atoms with Crippen molar-refractivity contribution in [2.45, 2.75) is 0 Å². The van der Waals surface area contributed by atoms with Gasteiger partial charge < -0.3 is 21.3 Å². The predicted octanol–water partition coefficient (Wildman–Crippen LogP) is 1.69. The fourth-order valence-corrected chi connectivity index (χ4v) is 2.86. The van der Waals surface area contributed by atoms with Crippen LogP contribution in [0, 0.1) is 5.41 Å². The van der Waals surface area contributed by atoms with Gasteiger partial charge >= 0.3 is 0 Å². The molecule has 0 saturated carbocycles. The molecule has 0 spiro atoms. The van der Waals surface area contributed by atoms with Gasteiger partial charge in [0.05, 0.1) is 11.3 Å². The first-order valence-corrected chi connectivity index (χ1v) is 9.50. The highest BCUT2D eigenvalue weighted by molar-refractivity contribution is 6.21. The molecule has 8 nitrogen and oxygen atoms in total. The molecular formula is C22H25N7O. The van der Waals surface area contributed by atoms with Gasteiger partial charge in [0.1, 0.15) is 11.7 Å². The molecule has 5 N–H and O–H groups in total. The van der Waals surface area contributed by atoms with Crippen molar-refractivity contribution in [1.82, 2.24) is 20.5 Å². The van der Waals surface area contributed by atoms with Gasteiger partial charge in [0.2, 0.25) is 0 Å². The second kappa shape index (κ2) is 9.62. The standard InChI is InChI=1S/C22H25N7O/c1-29(2)12-11-26-22(30)16-8-6-15(7-9-16)17-13-27-21(28-14-17)19(20(23)24)18-5-3-4-10-25-18/h3-10,13-14,27H,11-12H2,1-2H3,(H3,23,24)(H,26,30)/b21-19+. The number of carbonyl (C=O) groups excluding carboxylic acids is 1. The number of rotatable bonds is 7. The highest BCUT2D eigenvalue weighted by Gasteiger charge is 2.15. The number of pyridine rings is 1. The summed E-state index contributed by atoms with van der Waals surface area (Å²) in [6.45, 7) is 1.38. The van der Waals surface area contributed by atoms with E-state index in [0.29, 0.717) is 29.2 Å². The van der Waals surface area contributed by atoms with Gasteiger partial charge in [-0.2, -0.15) is 0 Å². The fourth-order valence-electron chi connectivity index (χ4n) is 2.86. The molecule has 2 aromatic rings. The molecule has 1 aliphatic rings. The van der Waals surface area contributed by atoms with Crippen LogP contribution in [-0.4, -0.2) is 55.0 Å². The topological polar surface area (TPSA) is 119 Å². The number of aromatic nitrogens is 1. The van der Waals surface area contributed by atoms with Gasteiger partial charge in [0, 0.05) is 42.8 Å². The van der Waals surface area contributed by atoms with Crippen molar-refractivity contribution in [1.29, 1.82) is 5.41 Å². The zero-order chi connectivity index (χ0) is 21.5. The lowest BCUT2D eigenvalue weighted by Gasteiger charge is -2.15. The number of amidine groups is 1. The number of benzene rings is 1. The molecule has 1 aromatic heterocycles. The van der Waals surface area contributed by atoms with Crippen molar-refractivity contribution in [2.24, 2.45) is 10.7 Å². The van der Waals surface area contributed by atoms with Gasteiger partial charge in [-0.3, -0.25) is 15.2 Å². The van der Waals surface area contributed by atoms with Crippen molar-refractivity contribution in [3.05, 3.63) is 77.5 Å². The Morgan fingerprint density at radius 1 is 1.20 bits per heavy atom. The summed E-state index contributed by atoms with van der Waals surface area (Å²) < 4.78 is 0. The van der Waals surface area contributed by atoms with Gasteiger partial charge in [-0.05, 0) is 43.9 Å². The molecule has 0 unspecified atom stereocenters. The van der Waals surface area contributed by atoms with Crippen LogP contribution < -0.4 is 16.4 Å². The number of nitrogens with one attached hydrogen (secondary N) is 3. The third-order valence-corrected chi connectivity index (χ3v) is 4.45. The summed E-state index contributed by atoms with van der Waals surface area (Å²) in [4.78, 5) is 22.9. The average Bonchev–Trinajstić information content (AvgIpc) is 2.75. The van der Waals surface area contributed by atoms with Crippen molar-refractivity contribution in [3.8, 4) is 0 Å². The van der Waals surface area contributed by atoms with Crippen molar-refractivity contribution >= 4 is 29.1 Å². The Hall–Kier alpha value is -3.78. The normalized spacial score (nSPS) is 14.7. The lowest BCUT2D eigenvalue weighted by Crippen LogP contribution is -2.31. The molecule has 0 radical (unpaired) electrons. The van der Waals surface area contributed by atoms with Gasteiger partial charge in [-0.15, -0.1) is 0 Å². The third kappa shape index (κ3) is 5.18. The van der Waals surface area contributed by atoms with E-state index in [1.54, 1.807) is 42.9 Å². The number of likely N-dealkylation sites (N-methyl/N-ethyl adjacent to an activating group) is 1. The van der Waals surface area contributed by atoms with Gasteiger partial charge in [-0.1, -0.05) is 18.2 Å². The molecule has 0 atom stereocenters. The Morgan fingerprint density at radius 3 is 2.53 bits per heavy atom. The fraction of sp³-hybridized carbons (Fsp3) is 0.182. The van der Waals surface area contributed by atoms with Gasteiger partial charge in [0.25, 0.3) is 5.91 Å². The molecule has 0 aliphatic carbocycles. The van der Waals surface area contributed by atoms with Gasteiger partial charge in [-0.25, -0.2) is 4.99 Å². The highest BCUT2D eigenvalue weighted by atomic mass is 16.1. The largest absolute Gasteiger partial charge is 0.384 e. The smallest absolute Gasteiger partial charge is 0.251 e. The monoisotopic (exact) mass is 403 g/mol. The Balaban J connectivity index is 1.72. The van der Waals surface area contributed by atoms with E-state index in [0.717, 1.165) is 17.7 Å². The molecule has 0 fully saturated rings. The van der Waals surface area contributed by atoms with Crippen LogP contribution in [0.3, 0.4) is 0 Å². The molecule has 0 bridgehead atoms. The SMILES string of the molecule is CN(C)CCNC(=O)c1ccc(C2=CN/C(=C(\C(=N)N)c3ccccn3)N=C2)cc1. The average molecular weight is 403 g/mol. The van der Waals surface area contributed by atoms with Crippen LogP contribution >= 0.6 is 0 Å². The number of hydrogen-bond donors (Lipinski definition) is 4. The third-order valence-electron chi connectivity index (χ3n) is 4.45. The minimum Gasteiger partial charge on any atom is -0.384 e. The minimum absolute atomic E-state index is 0.0977. The summed E-state index contributed by atoms with van der Waals surface area (Å²) in [5.41, 5.74) is 9.13. The Morgan fingerprint density at radius 2 is 1.97 bits per heavy atom. The zero-order valence-corrected chi connectivity index (χ0v) is 17.0. The minimum atomic E-state index is -0.116. The molecule has 2 heterocycles. The first kappa shape index (κ1) is 20.9. The number of nitrogens with zero attached hydrogens (tertiary/aromatic N) is 3. The maximum absolute atomic E-state index is 12.2. The van der Waals surface area contributed by atoms with Crippen LogP contribution in [0.4, 0.5) is 0 Å². The molecule has 3 rings (SSSR count). The van der Waals surface area contributed by atoms with E-state index < -0.39 is 0 Å². The van der Waals surface area contributed by atoms with E-state index in [1.807, 2.05) is 37.2 Å². The van der Waals surface area contributed by atoms with Crippen molar-refractivity contribution in [3.63, 3.8) is 0 Å². The summed E-state index contributed by atoms with van der Waals surface area (Å²) in [7, 11) is 3.93. The highest BCUT2D eigenvalue weighted by Crippen LogP contribution is 2.21. The number of allylic oxidation sites excluding steroid dienone is 1. The second-order valence-electron chi connectivity index (χ2n) is 6.99. The maximum Gasteiger partial charge on any atom is 0.251 e. The second-order valence-corrected chi connectivity index (χ2v) is 6.99. The number of aliphatic imine (C=N–C) groups is 1. The number of amides is 1. The lowest BCUT2D eigenvalue weighted by atomic mass is 10.0. The predicted molar refractivity (Wildman–Crippen MR) is 120 cm³/mol. The molecular weight excluding hydrogens is 378 g/mol. The van der Waals surface area contributed by atoms with Crippen LogP contribution in [-0.2, 0) is 0 Å². The zero-order valence-electron chi connectivity index (χ0n) is 17.0. The molecule has 30 heavy (non-hydrogen) atoms. The Labute approximate surface area is 175 Å². The number of hydrogen-bond acceptors (Lipinski definition) is 6. The summed E-state index contributed by atoms with van der Waals surface area (Å²) >= 11 is 0. The van der Waals surface area contributed by atoms with Crippen LogP contribution in [0.25, 0.3) is 11.1 Å². The number of carbonyl (C=O) groups is 1. The van der Waals surface area contributed by atoms with Crippen LogP contribution in [0.5, 0.6) is 0 Å². The van der Waals surface area contributed by atoms with E-state index >= 15 is 0 Å². The first-order chi connectivity index (χ1) is 14.5. The van der Waals surface area contributed by atoms with Gasteiger partial charge in [0.15, 0.2) is 0 Å². The summed E-state index contributed by atoms with van der Waals surface area (Å²) in [6, 6.07) is 12.7. The Bertz CT molecular complexity index is 1010. The van der Waals surface area contributed by atoms with Crippen molar-refractivity contribution in [2.75, 3.05) is 27.2 Å². The first-order valence-electron chi connectivity index (χ1n) is 9.50. The molecule has 8 heteroatoms. The quantitative estimate of drug-likeness (QED) is 0.414. The van der Waals surface area contributed by atoms with E-state index in [2.05, 4.69) is 20.6 Å². The van der Waals surface area contributed by atoms with E-state index in [4.69, 9.17) is 11.1 Å². The molecule has 0 saturated heterocycles. The van der Waals surface area contributed by atoms with E-state index in [-0.39, 0.29) is 11.7 Å². The summed E-state index contributed by atoms with van der Waals surface area (Å²) in [5.74, 6) is 0.246. The summed E-state index contributed by atoms with van der Waals surface area (Å²) in [5, 5.41) is 13.9. The molecule has 1 aromatic carbocycles. The van der Waals surface area contributed by atoms with E-state index in [1.165, 1.54) is 0 Å². The van der Waals surface area contributed by atoms with Crippen LogP contribution in [0.2, 0.25) is 0 Å². The molecule has 1 aliphatic heterocycles.